The highest BCUT2D eigenvalue weighted by molar-refractivity contribution is 6.40. The van der Waals surface area contributed by atoms with E-state index in [1.807, 2.05) is 0 Å². The number of nitrogens with zero attached hydrogens (tertiary/aromatic N) is 6. The van der Waals surface area contributed by atoms with Gasteiger partial charge in [-0.3, -0.25) is 4.79 Å². The third kappa shape index (κ3) is 1.37. The number of imide groups is 1. The van der Waals surface area contributed by atoms with E-state index in [0.29, 0.717) is 4.42 Å². The molecule has 2 heterocycles. The molecule has 0 spiro atoms. The number of rotatable bonds is 0. The molecule has 0 aromatic rings. The molecule has 2 saturated heterocycles. The highest BCUT2D eigenvalue weighted by atomic mass is 35.5. The monoisotopic (exact) mass is 322 g/mol. The van der Waals surface area contributed by atoms with E-state index in [-0.39, 0.29) is 14.3 Å². The fraction of sp³-hybridized carbons (Fsp3) is 0.286. The first-order valence-electron chi connectivity index (χ1n) is 4.41. The largest absolute Gasteiger partial charge is 0.410 e. The zero-order valence-electron chi connectivity index (χ0n) is 8.62. The Morgan fingerprint density at radius 3 is 2.37 bits per heavy atom. The molecule has 98 valence electrons. The Morgan fingerprint density at radius 2 is 1.89 bits per heavy atom. The van der Waals surface area contributed by atoms with Crippen molar-refractivity contribution in [2.75, 3.05) is 0 Å². The molecule has 0 bridgehead atoms. The number of carbonyl (C=O) groups excluding carboxylic acids is 3. The summed E-state index contributed by atoms with van der Waals surface area (Å²) < 4.78 is 0.589. The molecule has 0 N–H and O–H groups in total. The Kier molecular flexibility index (Phi) is 2.86. The minimum Gasteiger partial charge on any atom is -0.270 e. The number of halogens is 3. The molecule has 19 heavy (non-hydrogen) atoms. The SMILES string of the molecule is [C-]#[N+]N1C(=O)N(C#N)C(=O)C2N(Cl)C(=O)N(Cl)C21Cl. The van der Waals surface area contributed by atoms with Crippen LogP contribution >= 0.6 is 35.2 Å². The van der Waals surface area contributed by atoms with Gasteiger partial charge in [-0.15, -0.1) is 4.95 Å². The summed E-state index contributed by atoms with van der Waals surface area (Å²) in [6, 6.07) is -4.11. The normalized spacial score (nSPS) is 30.4. The molecular formula is C7HCl3N6O3. The zero-order valence-corrected chi connectivity index (χ0v) is 10.9. The standard InChI is InChI=1S/C7HCl3N6O3/c1-12-16-5(18)13(2-11)4(17)3-7(16,8)15(10)6(19)14(3)9/h3H. The average Bonchev–Trinajstić information content (AvgIpc) is 2.53. The first kappa shape index (κ1) is 13.5. The van der Waals surface area contributed by atoms with Crippen molar-refractivity contribution in [3.63, 3.8) is 0 Å². The molecule has 2 fully saturated rings. The number of carbonyl (C=O) groups is 3. The number of nitriles is 1. The Morgan fingerprint density at radius 1 is 1.32 bits per heavy atom. The molecular weight excluding hydrogens is 322 g/mol. The summed E-state index contributed by atoms with van der Waals surface area (Å²) in [5, 5.41) is 6.63. The van der Waals surface area contributed by atoms with Crippen molar-refractivity contribution in [3.05, 3.63) is 11.5 Å². The van der Waals surface area contributed by atoms with Gasteiger partial charge in [-0.1, -0.05) is 11.6 Å². The zero-order chi connectivity index (χ0) is 14.5. The van der Waals surface area contributed by atoms with Crippen molar-refractivity contribution < 1.29 is 14.4 Å². The van der Waals surface area contributed by atoms with Crippen LogP contribution in [-0.2, 0) is 4.79 Å². The second-order valence-corrected chi connectivity index (χ2v) is 4.64. The summed E-state index contributed by atoms with van der Waals surface area (Å²) in [6.45, 7) is 6.90. The van der Waals surface area contributed by atoms with Crippen LogP contribution in [0.2, 0.25) is 0 Å². The molecule has 2 rings (SSSR count). The van der Waals surface area contributed by atoms with E-state index in [0.717, 1.165) is 0 Å². The average molecular weight is 323 g/mol. The number of alkyl halides is 1. The lowest BCUT2D eigenvalue weighted by Crippen LogP contribution is -2.68. The van der Waals surface area contributed by atoms with Gasteiger partial charge in [0.1, 0.15) is 0 Å². The molecule has 9 nitrogen and oxygen atoms in total. The molecule has 2 unspecified atom stereocenters. The molecule has 5 amide bonds. The molecule has 2 atom stereocenters. The van der Waals surface area contributed by atoms with Crippen LogP contribution < -0.4 is 0 Å². The molecule has 0 aromatic heterocycles. The maximum atomic E-state index is 11.9. The van der Waals surface area contributed by atoms with Gasteiger partial charge in [0.25, 0.3) is 5.91 Å². The van der Waals surface area contributed by atoms with Crippen molar-refractivity contribution >= 4 is 53.1 Å². The summed E-state index contributed by atoms with van der Waals surface area (Å²) in [5.41, 5.74) is 0. The Labute approximate surface area is 121 Å². The molecule has 0 saturated carbocycles. The maximum absolute atomic E-state index is 11.9. The second kappa shape index (κ2) is 4.03. The number of hydrogen-bond donors (Lipinski definition) is 0. The third-order valence-electron chi connectivity index (χ3n) is 2.52. The molecule has 2 aliphatic rings. The first-order chi connectivity index (χ1) is 8.82. The minimum atomic E-state index is -2.32. The van der Waals surface area contributed by atoms with Crippen molar-refractivity contribution in [2.24, 2.45) is 0 Å². The summed E-state index contributed by atoms with van der Waals surface area (Å²) in [4.78, 5) is 38.1. The van der Waals surface area contributed by atoms with E-state index in [1.165, 1.54) is 6.19 Å². The van der Waals surface area contributed by atoms with Gasteiger partial charge in [-0.2, -0.15) is 21.2 Å². The van der Waals surface area contributed by atoms with Crippen LogP contribution in [-0.4, -0.2) is 47.9 Å². The fourth-order valence-electron chi connectivity index (χ4n) is 1.68. The van der Waals surface area contributed by atoms with E-state index >= 15 is 0 Å². The van der Waals surface area contributed by atoms with E-state index < -0.39 is 29.1 Å². The van der Waals surface area contributed by atoms with Crippen molar-refractivity contribution in [1.82, 2.24) is 18.7 Å². The topological polar surface area (TPSA) is 92.3 Å². The number of urea groups is 2. The molecule has 12 heteroatoms. The van der Waals surface area contributed by atoms with Gasteiger partial charge in [-0.25, -0.2) is 14.0 Å². The first-order valence-corrected chi connectivity index (χ1v) is 5.47. The minimum absolute atomic E-state index is 0.0715. The lowest BCUT2D eigenvalue weighted by molar-refractivity contribution is -0.134. The molecule has 2 aliphatic heterocycles. The van der Waals surface area contributed by atoms with Crippen LogP contribution in [0, 0.1) is 18.0 Å². The second-order valence-electron chi connectivity index (χ2n) is 3.38. The van der Waals surface area contributed by atoms with Crippen molar-refractivity contribution in [3.8, 4) is 6.19 Å². The highest BCUT2D eigenvalue weighted by Crippen LogP contribution is 2.45. The summed E-state index contributed by atoms with van der Waals surface area (Å²) >= 11 is 17.2. The predicted molar refractivity (Wildman–Crippen MR) is 59.4 cm³/mol. The quantitative estimate of drug-likeness (QED) is 0.217. The van der Waals surface area contributed by atoms with Gasteiger partial charge < -0.3 is 0 Å². The molecule has 0 aromatic carbocycles. The van der Waals surface area contributed by atoms with Gasteiger partial charge >= 0.3 is 17.2 Å². The van der Waals surface area contributed by atoms with E-state index in [9.17, 15) is 14.4 Å². The van der Waals surface area contributed by atoms with Crippen LogP contribution in [0.1, 0.15) is 0 Å². The maximum Gasteiger partial charge on any atom is 0.410 e. The van der Waals surface area contributed by atoms with Crippen LogP contribution in [0.4, 0.5) is 9.59 Å². The Hall–Kier alpha value is -1.94. The highest BCUT2D eigenvalue weighted by Gasteiger charge is 2.73. The van der Waals surface area contributed by atoms with Crippen LogP contribution in [0.25, 0.3) is 4.95 Å². The molecule has 0 aliphatic carbocycles. The predicted octanol–water partition coefficient (Wildman–Crippen LogP) is 0.872. The van der Waals surface area contributed by atoms with Crippen LogP contribution in [0.15, 0.2) is 0 Å². The van der Waals surface area contributed by atoms with Gasteiger partial charge in [0.2, 0.25) is 0 Å². The summed E-state index contributed by atoms with van der Waals surface area (Å²) in [6.07, 6.45) is 1.28. The Balaban J connectivity index is 2.66. The van der Waals surface area contributed by atoms with Gasteiger partial charge in [0.15, 0.2) is 12.2 Å². The third-order valence-corrected chi connectivity index (χ3v) is 3.89. The molecule has 0 radical (unpaired) electrons. The number of hydrogen-bond acceptors (Lipinski definition) is 4. The number of fused-ring (bicyclic) bond motifs is 1. The fourth-order valence-corrected chi connectivity index (χ4v) is 2.69. The summed E-state index contributed by atoms with van der Waals surface area (Å²) in [7, 11) is 0. The lowest BCUT2D eigenvalue weighted by atomic mass is 10.1. The Bertz CT molecular complexity index is 584. The summed E-state index contributed by atoms with van der Waals surface area (Å²) in [5.74, 6) is -1.16. The van der Waals surface area contributed by atoms with E-state index in [1.54, 1.807) is 0 Å². The van der Waals surface area contributed by atoms with Crippen LogP contribution in [0.5, 0.6) is 0 Å². The van der Waals surface area contributed by atoms with Crippen molar-refractivity contribution in [1.29, 1.82) is 5.26 Å². The lowest BCUT2D eigenvalue weighted by Gasteiger charge is -2.36. The number of amides is 5. The van der Waals surface area contributed by atoms with Gasteiger partial charge in [0, 0.05) is 28.6 Å². The smallest absolute Gasteiger partial charge is 0.270 e. The van der Waals surface area contributed by atoms with Gasteiger partial charge in [0.05, 0.1) is 0 Å². The van der Waals surface area contributed by atoms with E-state index in [2.05, 4.69) is 4.95 Å². The van der Waals surface area contributed by atoms with Crippen LogP contribution in [0.3, 0.4) is 0 Å². The van der Waals surface area contributed by atoms with Gasteiger partial charge in [-0.05, 0) is 0 Å². The van der Waals surface area contributed by atoms with E-state index in [4.69, 9.17) is 47.0 Å². The van der Waals surface area contributed by atoms with Crippen molar-refractivity contribution in [2.45, 2.75) is 11.2 Å².